The van der Waals surface area contributed by atoms with Crippen molar-refractivity contribution in [1.29, 1.82) is 0 Å². The lowest BCUT2D eigenvalue weighted by atomic mass is 10.2. The highest BCUT2D eigenvalue weighted by molar-refractivity contribution is 7.09. The quantitative estimate of drug-likeness (QED) is 0.851. The van der Waals surface area contributed by atoms with E-state index in [0.717, 1.165) is 30.1 Å². The third-order valence-electron chi connectivity index (χ3n) is 3.64. The van der Waals surface area contributed by atoms with E-state index in [9.17, 15) is 4.79 Å². The SMILES string of the molecule is O=C(CCOc1ccccc1)N1CCCC1c1nccs1. The summed E-state index contributed by atoms with van der Waals surface area (Å²) in [7, 11) is 0. The van der Waals surface area contributed by atoms with E-state index in [-0.39, 0.29) is 11.9 Å². The lowest BCUT2D eigenvalue weighted by molar-refractivity contribution is -0.132. The number of hydrogen-bond acceptors (Lipinski definition) is 4. The van der Waals surface area contributed by atoms with Gasteiger partial charge in [0.1, 0.15) is 10.8 Å². The number of para-hydroxylation sites is 1. The van der Waals surface area contributed by atoms with Gasteiger partial charge in [0.05, 0.1) is 19.1 Å². The number of carbonyl (C=O) groups excluding carboxylic acids is 1. The van der Waals surface area contributed by atoms with E-state index < -0.39 is 0 Å². The molecule has 0 radical (unpaired) electrons. The number of benzene rings is 1. The molecule has 0 bridgehead atoms. The standard InChI is InChI=1S/C16H18N2O2S/c19-15(8-11-20-13-5-2-1-3-6-13)18-10-4-7-14(18)16-17-9-12-21-16/h1-3,5-6,9,12,14H,4,7-8,10-11H2. The molecule has 1 aromatic carbocycles. The van der Waals surface area contributed by atoms with Crippen LogP contribution in [0, 0.1) is 0 Å². The highest BCUT2D eigenvalue weighted by Gasteiger charge is 2.31. The molecule has 0 saturated carbocycles. The zero-order valence-corrected chi connectivity index (χ0v) is 12.6. The van der Waals surface area contributed by atoms with Gasteiger partial charge >= 0.3 is 0 Å². The normalized spacial score (nSPS) is 17.9. The summed E-state index contributed by atoms with van der Waals surface area (Å²) in [6.45, 7) is 1.25. The maximum absolute atomic E-state index is 12.4. The van der Waals surface area contributed by atoms with Crippen molar-refractivity contribution in [1.82, 2.24) is 9.88 Å². The van der Waals surface area contributed by atoms with E-state index in [1.165, 1.54) is 0 Å². The van der Waals surface area contributed by atoms with Crippen molar-refractivity contribution in [2.45, 2.75) is 25.3 Å². The Hall–Kier alpha value is -1.88. The van der Waals surface area contributed by atoms with Gasteiger partial charge in [0.25, 0.3) is 0 Å². The molecule has 1 aromatic heterocycles. The third kappa shape index (κ3) is 3.42. The Morgan fingerprint density at radius 1 is 1.38 bits per heavy atom. The summed E-state index contributed by atoms with van der Waals surface area (Å²) in [4.78, 5) is 18.7. The van der Waals surface area contributed by atoms with Gasteiger partial charge in [-0.2, -0.15) is 0 Å². The number of carbonyl (C=O) groups is 1. The number of ether oxygens (including phenoxy) is 1. The van der Waals surface area contributed by atoms with Gasteiger partial charge in [-0.15, -0.1) is 11.3 Å². The highest BCUT2D eigenvalue weighted by atomic mass is 32.1. The van der Waals surface area contributed by atoms with Crippen LogP contribution in [-0.2, 0) is 4.79 Å². The van der Waals surface area contributed by atoms with Crippen LogP contribution in [0.4, 0.5) is 0 Å². The minimum Gasteiger partial charge on any atom is -0.493 e. The molecule has 110 valence electrons. The Kier molecular flexibility index (Phi) is 4.50. The fraction of sp³-hybridized carbons (Fsp3) is 0.375. The first-order chi connectivity index (χ1) is 10.3. The van der Waals surface area contributed by atoms with Gasteiger partial charge in [-0.05, 0) is 25.0 Å². The number of likely N-dealkylation sites (tertiary alicyclic amines) is 1. The molecule has 0 aliphatic carbocycles. The number of nitrogens with zero attached hydrogens (tertiary/aromatic N) is 2. The van der Waals surface area contributed by atoms with Crippen LogP contribution in [0.1, 0.15) is 30.3 Å². The average molecular weight is 302 g/mol. The van der Waals surface area contributed by atoms with Gasteiger partial charge in [0.15, 0.2) is 0 Å². The molecular formula is C16H18N2O2S. The maximum atomic E-state index is 12.4. The highest BCUT2D eigenvalue weighted by Crippen LogP contribution is 2.33. The lowest BCUT2D eigenvalue weighted by Crippen LogP contribution is -2.31. The van der Waals surface area contributed by atoms with E-state index in [0.29, 0.717) is 13.0 Å². The van der Waals surface area contributed by atoms with Gasteiger partial charge < -0.3 is 9.64 Å². The van der Waals surface area contributed by atoms with Crippen LogP contribution in [0.25, 0.3) is 0 Å². The first-order valence-electron chi connectivity index (χ1n) is 7.21. The first kappa shape index (κ1) is 14.1. The third-order valence-corrected chi connectivity index (χ3v) is 4.51. The molecule has 1 fully saturated rings. The van der Waals surface area contributed by atoms with Crippen molar-refractivity contribution in [2.24, 2.45) is 0 Å². The van der Waals surface area contributed by atoms with E-state index in [1.54, 1.807) is 17.5 Å². The summed E-state index contributed by atoms with van der Waals surface area (Å²) in [5, 5.41) is 3.01. The number of amides is 1. The Morgan fingerprint density at radius 3 is 3.00 bits per heavy atom. The van der Waals surface area contributed by atoms with E-state index in [4.69, 9.17) is 4.74 Å². The molecule has 1 atom stereocenters. The molecule has 2 aromatic rings. The van der Waals surface area contributed by atoms with E-state index in [1.807, 2.05) is 40.6 Å². The molecule has 3 rings (SSSR count). The zero-order chi connectivity index (χ0) is 14.5. The van der Waals surface area contributed by atoms with Crippen molar-refractivity contribution < 1.29 is 9.53 Å². The molecule has 1 aliphatic rings. The molecule has 1 aliphatic heterocycles. The minimum absolute atomic E-state index is 0.156. The van der Waals surface area contributed by atoms with Gasteiger partial charge in [0, 0.05) is 18.1 Å². The predicted molar refractivity (Wildman–Crippen MR) is 82.4 cm³/mol. The van der Waals surface area contributed by atoms with Gasteiger partial charge in [0.2, 0.25) is 5.91 Å². The second-order valence-corrected chi connectivity index (χ2v) is 5.95. The monoisotopic (exact) mass is 302 g/mol. The maximum Gasteiger partial charge on any atom is 0.226 e. The number of thiazole rings is 1. The van der Waals surface area contributed by atoms with Crippen molar-refractivity contribution in [3.63, 3.8) is 0 Å². The number of aromatic nitrogens is 1. The molecule has 5 heteroatoms. The van der Waals surface area contributed by atoms with Gasteiger partial charge in [-0.3, -0.25) is 4.79 Å². The molecule has 4 nitrogen and oxygen atoms in total. The van der Waals surface area contributed by atoms with Crippen molar-refractivity contribution in [2.75, 3.05) is 13.2 Å². The number of rotatable bonds is 5. The van der Waals surface area contributed by atoms with E-state index >= 15 is 0 Å². The summed E-state index contributed by atoms with van der Waals surface area (Å²) < 4.78 is 5.60. The fourth-order valence-electron chi connectivity index (χ4n) is 2.64. The second-order valence-electron chi connectivity index (χ2n) is 5.03. The van der Waals surface area contributed by atoms with Crippen molar-refractivity contribution >= 4 is 17.2 Å². The van der Waals surface area contributed by atoms with E-state index in [2.05, 4.69) is 4.98 Å². The fourth-order valence-corrected chi connectivity index (χ4v) is 3.42. The van der Waals surface area contributed by atoms with Gasteiger partial charge in [-0.1, -0.05) is 18.2 Å². The molecule has 1 amide bonds. The molecule has 0 N–H and O–H groups in total. The lowest BCUT2D eigenvalue weighted by Gasteiger charge is -2.23. The summed E-state index contributed by atoms with van der Waals surface area (Å²) >= 11 is 1.63. The molecule has 21 heavy (non-hydrogen) atoms. The largest absolute Gasteiger partial charge is 0.493 e. The summed E-state index contributed by atoms with van der Waals surface area (Å²) in [6, 6.07) is 9.76. The van der Waals surface area contributed by atoms with Gasteiger partial charge in [-0.25, -0.2) is 4.98 Å². The van der Waals surface area contributed by atoms with Crippen LogP contribution >= 0.6 is 11.3 Å². The Balaban J connectivity index is 1.53. The van der Waals surface area contributed by atoms with Crippen LogP contribution in [0.3, 0.4) is 0 Å². The predicted octanol–water partition coefficient (Wildman–Crippen LogP) is 3.28. The minimum atomic E-state index is 0.156. The smallest absolute Gasteiger partial charge is 0.226 e. The molecule has 0 spiro atoms. The number of hydrogen-bond donors (Lipinski definition) is 0. The van der Waals surface area contributed by atoms with Crippen molar-refractivity contribution in [3.8, 4) is 5.75 Å². The summed E-state index contributed by atoms with van der Waals surface area (Å²) in [5.74, 6) is 0.965. The molecule has 1 unspecified atom stereocenters. The van der Waals surface area contributed by atoms with Crippen LogP contribution in [0.5, 0.6) is 5.75 Å². The Labute approximate surface area is 128 Å². The molecule has 1 saturated heterocycles. The zero-order valence-electron chi connectivity index (χ0n) is 11.8. The van der Waals surface area contributed by atoms with Crippen LogP contribution in [-0.4, -0.2) is 28.9 Å². The molecular weight excluding hydrogens is 284 g/mol. The summed E-state index contributed by atoms with van der Waals surface area (Å²) in [5.41, 5.74) is 0. The summed E-state index contributed by atoms with van der Waals surface area (Å²) in [6.07, 6.45) is 4.28. The topological polar surface area (TPSA) is 42.4 Å². The van der Waals surface area contributed by atoms with Crippen molar-refractivity contribution in [3.05, 3.63) is 46.9 Å². The van der Waals surface area contributed by atoms with Crippen LogP contribution < -0.4 is 4.74 Å². The van der Waals surface area contributed by atoms with Crippen LogP contribution in [0.15, 0.2) is 41.9 Å². The Morgan fingerprint density at radius 2 is 2.24 bits per heavy atom. The second kappa shape index (κ2) is 6.72. The molecule has 2 heterocycles. The Bertz CT molecular complexity index is 571. The van der Waals surface area contributed by atoms with Crippen LogP contribution in [0.2, 0.25) is 0 Å². The average Bonchev–Trinajstić information content (AvgIpc) is 3.19. The first-order valence-corrected chi connectivity index (χ1v) is 8.09.